The maximum absolute atomic E-state index is 11.9. The van der Waals surface area contributed by atoms with Crippen LogP contribution in [0.2, 0.25) is 0 Å². The second-order valence-electron chi connectivity index (χ2n) is 6.91. The van der Waals surface area contributed by atoms with Gasteiger partial charge in [-0.05, 0) is 39.5 Å². The monoisotopic (exact) mass is 284 g/mol. The molecule has 0 aromatic rings. The quantitative estimate of drug-likeness (QED) is 0.866. The van der Waals surface area contributed by atoms with Gasteiger partial charge in [-0.25, -0.2) is 4.79 Å². The van der Waals surface area contributed by atoms with Gasteiger partial charge in [-0.2, -0.15) is 0 Å². The minimum atomic E-state index is -0.459. The van der Waals surface area contributed by atoms with E-state index < -0.39 is 5.60 Å². The molecule has 0 aromatic heterocycles. The maximum atomic E-state index is 11.9. The molecule has 116 valence electrons. The third-order valence-electron chi connectivity index (χ3n) is 3.11. The van der Waals surface area contributed by atoms with Crippen LogP contribution in [0.5, 0.6) is 0 Å². The first-order chi connectivity index (χ1) is 9.17. The molecule has 0 aliphatic carbocycles. The lowest BCUT2D eigenvalue weighted by Crippen LogP contribution is -2.47. The molecule has 1 rings (SSSR count). The fourth-order valence-corrected chi connectivity index (χ4v) is 2.19. The average Bonchev–Trinajstić information content (AvgIpc) is 2.26. The minimum absolute atomic E-state index is 0.107. The molecule has 1 aliphatic heterocycles. The van der Waals surface area contributed by atoms with Crippen LogP contribution in [0.25, 0.3) is 0 Å². The molecule has 0 radical (unpaired) electrons. The largest absolute Gasteiger partial charge is 0.444 e. The van der Waals surface area contributed by atoms with Gasteiger partial charge in [0, 0.05) is 25.6 Å². The van der Waals surface area contributed by atoms with Gasteiger partial charge in [0.15, 0.2) is 0 Å². The number of hydrogen-bond donors (Lipinski definition) is 1. The first kappa shape index (κ1) is 16.8. The summed E-state index contributed by atoms with van der Waals surface area (Å²) in [7, 11) is 0. The lowest BCUT2D eigenvalue weighted by molar-refractivity contribution is -0.122. The summed E-state index contributed by atoms with van der Waals surface area (Å²) in [5.74, 6) is 0.479. The Morgan fingerprint density at radius 2 is 1.80 bits per heavy atom. The van der Waals surface area contributed by atoms with Crippen LogP contribution in [0.4, 0.5) is 4.79 Å². The van der Waals surface area contributed by atoms with Crippen LogP contribution in [0.15, 0.2) is 0 Å². The van der Waals surface area contributed by atoms with Gasteiger partial charge in [-0.3, -0.25) is 4.79 Å². The van der Waals surface area contributed by atoms with E-state index in [2.05, 4.69) is 5.32 Å². The molecule has 5 nitrogen and oxygen atoms in total. The summed E-state index contributed by atoms with van der Waals surface area (Å²) in [5, 5.41) is 3.04. The molecule has 0 saturated carbocycles. The zero-order valence-electron chi connectivity index (χ0n) is 13.4. The molecule has 5 heteroatoms. The number of carbonyl (C=O) groups is 2. The highest BCUT2D eigenvalue weighted by Gasteiger charge is 2.27. The normalized spacial score (nSPS) is 17.2. The SMILES string of the molecule is CC(C)CC(=O)NC1CCN(C(=O)OC(C)(C)C)CC1. The lowest BCUT2D eigenvalue weighted by Gasteiger charge is -2.33. The van der Waals surface area contributed by atoms with Crippen LogP contribution in [-0.4, -0.2) is 41.6 Å². The number of nitrogens with zero attached hydrogens (tertiary/aromatic N) is 1. The summed E-state index contributed by atoms with van der Waals surface area (Å²) < 4.78 is 5.35. The van der Waals surface area contributed by atoms with Crippen molar-refractivity contribution >= 4 is 12.0 Å². The van der Waals surface area contributed by atoms with Crippen LogP contribution in [0.1, 0.15) is 53.9 Å². The number of ether oxygens (including phenoxy) is 1. The van der Waals surface area contributed by atoms with Gasteiger partial charge in [-0.1, -0.05) is 13.8 Å². The zero-order valence-corrected chi connectivity index (χ0v) is 13.4. The van der Waals surface area contributed by atoms with Crippen molar-refractivity contribution in [3.8, 4) is 0 Å². The Labute approximate surface area is 122 Å². The predicted octanol–water partition coefficient (Wildman–Crippen LogP) is 2.55. The number of rotatable bonds is 3. The van der Waals surface area contributed by atoms with Crippen LogP contribution >= 0.6 is 0 Å². The first-order valence-corrected chi connectivity index (χ1v) is 7.44. The third kappa shape index (κ3) is 6.26. The summed E-state index contributed by atoms with van der Waals surface area (Å²) in [6.45, 7) is 10.9. The number of nitrogens with one attached hydrogen (secondary N) is 1. The average molecular weight is 284 g/mol. The van der Waals surface area contributed by atoms with Gasteiger partial charge in [0.1, 0.15) is 5.60 Å². The van der Waals surface area contributed by atoms with E-state index in [0.29, 0.717) is 25.4 Å². The van der Waals surface area contributed by atoms with E-state index in [4.69, 9.17) is 4.74 Å². The van der Waals surface area contributed by atoms with E-state index in [0.717, 1.165) is 12.8 Å². The van der Waals surface area contributed by atoms with Crippen molar-refractivity contribution in [3.63, 3.8) is 0 Å². The van der Waals surface area contributed by atoms with Crippen molar-refractivity contribution in [2.75, 3.05) is 13.1 Å². The van der Waals surface area contributed by atoms with Gasteiger partial charge in [-0.15, -0.1) is 0 Å². The summed E-state index contributed by atoms with van der Waals surface area (Å²) in [5.41, 5.74) is -0.459. The third-order valence-corrected chi connectivity index (χ3v) is 3.11. The van der Waals surface area contributed by atoms with Crippen LogP contribution < -0.4 is 5.32 Å². The highest BCUT2D eigenvalue weighted by atomic mass is 16.6. The maximum Gasteiger partial charge on any atom is 0.410 e. The highest BCUT2D eigenvalue weighted by Crippen LogP contribution is 2.15. The van der Waals surface area contributed by atoms with Crippen molar-refractivity contribution in [2.24, 2.45) is 5.92 Å². The number of hydrogen-bond acceptors (Lipinski definition) is 3. The molecular formula is C15H28N2O3. The van der Waals surface area contributed by atoms with Gasteiger partial charge in [0.05, 0.1) is 0 Å². The Hall–Kier alpha value is -1.26. The van der Waals surface area contributed by atoms with E-state index in [1.807, 2.05) is 34.6 Å². The van der Waals surface area contributed by atoms with Gasteiger partial charge >= 0.3 is 6.09 Å². The zero-order chi connectivity index (χ0) is 15.3. The van der Waals surface area contributed by atoms with E-state index in [1.165, 1.54) is 0 Å². The molecule has 1 saturated heterocycles. The van der Waals surface area contributed by atoms with Crippen LogP contribution in [0.3, 0.4) is 0 Å². The summed E-state index contributed by atoms with van der Waals surface area (Å²) in [6.07, 6.45) is 1.89. The van der Waals surface area contributed by atoms with Gasteiger partial charge in [0.2, 0.25) is 5.91 Å². The Kier molecular flexibility index (Phi) is 5.84. The number of amides is 2. The summed E-state index contributed by atoms with van der Waals surface area (Å²) >= 11 is 0. The van der Waals surface area contributed by atoms with Crippen molar-refractivity contribution in [2.45, 2.75) is 65.5 Å². The molecule has 20 heavy (non-hydrogen) atoms. The first-order valence-electron chi connectivity index (χ1n) is 7.44. The fourth-order valence-electron chi connectivity index (χ4n) is 2.19. The highest BCUT2D eigenvalue weighted by molar-refractivity contribution is 5.76. The van der Waals surface area contributed by atoms with E-state index >= 15 is 0 Å². The van der Waals surface area contributed by atoms with Crippen molar-refractivity contribution in [3.05, 3.63) is 0 Å². The number of piperidine rings is 1. The van der Waals surface area contributed by atoms with Gasteiger partial charge in [0.25, 0.3) is 0 Å². The standard InChI is InChI=1S/C15H28N2O3/c1-11(2)10-13(18)16-12-6-8-17(9-7-12)14(19)20-15(3,4)5/h11-12H,6-10H2,1-5H3,(H,16,18). The Morgan fingerprint density at radius 1 is 1.25 bits per heavy atom. The van der Waals surface area contributed by atoms with E-state index in [1.54, 1.807) is 4.90 Å². The van der Waals surface area contributed by atoms with E-state index in [-0.39, 0.29) is 18.0 Å². The minimum Gasteiger partial charge on any atom is -0.444 e. The molecular weight excluding hydrogens is 256 g/mol. The van der Waals surface area contributed by atoms with Crippen molar-refractivity contribution < 1.29 is 14.3 Å². The Morgan fingerprint density at radius 3 is 2.25 bits per heavy atom. The summed E-state index contributed by atoms with van der Waals surface area (Å²) in [4.78, 5) is 25.3. The smallest absolute Gasteiger partial charge is 0.410 e. The molecule has 0 unspecified atom stereocenters. The number of carbonyl (C=O) groups excluding carboxylic acids is 2. The van der Waals surface area contributed by atoms with Crippen LogP contribution in [0, 0.1) is 5.92 Å². The molecule has 1 fully saturated rings. The van der Waals surface area contributed by atoms with Gasteiger partial charge < -0.3 is 15.0 Å². The molecule has 0 spiro atoms. The van der Waals surface area contributed by atoms with Crippen molar-refractivity contribution in [1.29, 1.82) is 0 Å². The molecule has 1 heterocycles. The molecule has 2 amide bonds. The molecule has 1 N–H and O–H groups in total. The Balaban J connectivity index is 2.33. The summed E-state index contributed by atoms with van der Waals surface area (Å²) in [6, 6.07) is 0.180. The Bertz CT molecular complexity index is 340. The van der Waals surface area contributed by atoms with Crippen molar-refractivity contribution in [1.82, 2.24) is 10.2 Å². The predicted molar refractivity (Wildman–Crippen MR) is 78.4 cm³/mol. The molecule has 1 aliphatic rings. The number of likely N-dealkylation sites (tertiary alicyclic amines) is 1. The van der Waals surface area contributed by atoms with E-state index in [9.17, 15) is 9.59 Å². The second-order valence-corrected chi connectivity index (χ2v) is 6.91. The lowest BCUT2D eigenvalue weighted by atomic mass is 10.0. The van der Waals surface area contributed by atoms with Crippen LogP contribution in [-0.2, 0) is 9.53 Å². The molecule has 0 atom stereocenters. The fraction of sp³-hybridized carbons (Fsp3) is 0.867. The topological polar surface area (TPSA) is 58.6 Å². The molecule has 0 bridgehead atoms. The molecule has 0 aromatic carbocycles. The second kappa shape index (κ2) is 6.95.